The Balaban J connectivity index is 1.93. The van der Waals surface area contributed by atoms with Crippen LogP contribution in [0.2, 0.25) is 0 Å². The van der Waals surface area contributed by atoms with Crippen molar-refractivity contribution in [3.05, 3.63) is 96.2 Å². The minimum Gasteiger partial charge on any atom is -0.494 e. The summed E-state index contributed by atoms with van der Waals surface area (Å²) in [6, 6.07) is 15.0. The molecule has 0 saturated heterocycles. The Hall–Kier alpha value is -3.45. The van der Waals surface area contributed by atoms with Crippen LogP contribution >= 0.6 is 11.3 Å². The zero-order valence-electron chi connectivity index (χ0n) is 20.7. The molecule has 0 spiro atoms. The standard InChI is InChI=1S/C28H30N2O4S/c1-6-33-22-11-9-8-10-21(22)25-24(27(32)34-7-2)18(5)29-28-30(25)26(31)23(35-28)16-19-12-14-20(15-13-19)17(3)4/h8-17,25H,6-7H2,1-5H3/b23-16-/t25-/m1/s1. The summed E-state index contributed by atoms with van der Waals surface area (Å²) < 4.78 is 13.4. The van der Waals surface area contributed by atoms with E-state index in [1.54, 1.807) is 18.4 Å². The fourth-order valence-corrected chi connectivity index (χ4v) is 5.25. The van der Waals surface area contributed by atoms with Crippen molar-refractivity contribution < 1.29 is 14.3 Å². The summed E-state index contributed by atoms with van der Waals surface area (Å²) in [5.74, 6) is 0.572. The number of esters is 1. The van der Waals surface area contributed by atoms with Crippen LogP contribution < -0.4 is 19.6 Å². The number of nitrogens with zero attached hydrogens (tertiary/aromatic N) is 2. The molecule has 4 rings (SSSR count). The molecule has 6 nitrogen and oxygen atoms in total. The molecular weight excluding hydrogens is 460 g/mol. The maximum absolute atomic E-state index is 13.7. The molecule has 0 N–H and O–H groups in total. The quantitative estimate of drug-likeness (QED) is 0.463. The number of aromatic nitrogens is 1. The Morgan fingerprint density at radius 3 is 2.49 bits per heavy atom. The van der Waals surface area contributed by atoms with Crippen LogP contribution in [-0.4, -0.2) is 23.8 Å². The lowest BCUT2D eigenvalue weighted by Crippen LogP contribution is -2.40. The minimum absolute atomic E-state index is 0.202. The predicted octanol–water partition coefficient (Wildman–Crippen LogP) is 4.32. The SMILES string of the molecule is CCOC(=O)C1=C(C)N=c2s/c(=C\c3ccc(C(C)C)cc3)c(=O)n2[C@@H]1c1ccccc1OCC. The molecule has 0 unspecified atom stereocenters. The van der Waals surface area contributed by atoms with Gasteiger partial charge in [0.15, 0.2) is 4.80 Å². The summed E-state index contributed by atoms with van der Waals surface area (Å²) in [6.45, 7) is 10.4. The lowest BCUT2D eigenvalue weighted by molar-refractivity contribution is -0.139. The Morgan fingerprint density at radius 1 is 1.11 bits per heavy atom. The fraction of sp³-hybridized carbons (Fsp3) is 0.321. The maximum Gasteiger partial charge on any atom is 0.338 e. The first-order valence-electron chi connectivity index (χ1n) is 11.9. The van der Waals surface area contributed by atoms with E-state index in [2.05, 4.69) is 31.0 Å². The van der Waals surface area contributed by atoms with Crippen molar-refractivity contribution in [3.63, 3.8) is 0 Å². The molecule has 0 radical (unpaired) electrons. The van der Waals surface area contributed by atoms with E-state index in [4.69, 9.17) is 9.47 Å². The van der Waals surface area contributed by atoms with E-state index in [-0.39, 0.29) is 12.2 Å². The Labute approximate surface area is 208 Å². The van der Waals surface area contributed by atoms with E-state index < -0.39 is 12.0 Å². The number of carbonyl (C=O) groups is 1. The summed E-state index contributed by atoms with van der Waals surface area (Å²) >= 11 is 1.32. The monoisotopic (exact) mass is 490 g/mol. The minimum atomic E-state index is -0.696. The van der Waals surface area contributed by atoms with Gasteiger partial charge in [-0.15, -0.1) is 0 Å². The number of benzene rings is 2. The van der Waals surface area contributed by atoms with Gasteiger partial charge in [0.05, 0.1) is 29.0 Å². The van der Waals surface area contributed by atoms with Gasteiger partial charge in [0, 0.05) is 5.56 Å². The van der Waals surface area contributed by atoms with Crippen molar-refractivity contribution in [2.24, 2.45) is 4.99 Å². The van der Waals surface area contributed by atoms with Gasteiger partial charge in [-0.25, -0.2) is 9.79 Å². The second-order valence-electron chi connectivity index (χ2n) is 8.59. The summed E-state index contributed by atoms with van der Waals surface area (Å²) in [5, 5.41) is 0. The van der Waals surface area contributed by atoms with Gasteiger partial charge in [0.25, 0.3) is 5.56 Å². The predicted molar refractivity (Wildman–Crippen MR) is 139 cm³/mol. The molecule has 0 fully saturated rings. The third-order valence-corrected chi connectivity index (χ3v) is 6.91. The average Bonchev–Trinajstić information content (AvgIpc) is 3.13. The number of ether oxygens (including phenoxy) is 2. The molecule has 35 heavy (non-hydrogen) atoms. The number of fused-ring (bicyclic) bond motifs is 1. The first-order chi connectivity index (χ1) is 16.8. The fourth-order valence-electron chi connectivity index (χ4n) is 4.21. The van der Waals surface area contributed by atoms with Gasteiger partial charge in [0.2, 0.25) is 0 Å². The number of thiazole rings is 1. The summed E-state index contributed by atoms with van der Waals surface area (Å²) in [7, 11) is 0. The topological polar surface area (TPSA) is 69.9 Å². The van der Waals surface area contributed by atoms with E-state index in [0.29, 0.717) is 38.9 Å². The van der Waals surface area contributed by atoms with Crippen LogP contribution in [-0.2, 0) is 9.53 Å². The molecule has 3 aromatic rings. The molecule has 1 aromatic heterocycles. The van der Waals surface area contributed by atoms with Crippen LogP contribution in [0.5, 0.6) is 5.75 Å². The number of para-hydroxylation sites is 1. The van der Waals surface area contributed by atoms with Crippen LogP contribution in [0.15, 0.2) is 69.6 Å². The lowest BCUT2D eigenvalue weighted by atomic mass is 9.95. The molecule has 7 heteroatoms. The van der Waals surface area contributed by atoms with Crippen molar-refractivity contribution >= 4 is 23.4 Å². The van der Waals surface area contributed by atoms with E-state index in [1.807, 2.05) is 49.4 Å². The second-order valence-corrected chi connectivity index (χ2v) is 9.60. The Kier molecular flexibility index (Phi) is 7.36. The normalized spacial score (nSPS) is 15.7. The Bertz CT molecular complexity index is 1450. The van der Waals surface area contributed by atoms with Gasteiger partial charge >= 0.3 is 5.97 Å². The summed E-state index contributed by atoms with van der Waals surface area (Å²) in [5.41, 5.74) is 3.58. The Morgan fingerprint density at radius 2 is 1.83 bits per heavy atom. The van der Waals surface area contributed by atoms with E-state index in [0.717, 1.165) is 11.1 Å². The van der Waals surface area contributed by atoms with Crippen molar-refractivity contribution in [1.82, 2.24) is 4.57 Å². The number of rotatable bonds is 7. The molecule has 0 amide bonds. The molecular formula is C28H30N2O4S. The molecule has 1 aliphatic rings. The zero-order chi connectivity index (χ0) is 25.1. The number of hydrogen-bond donors (Lipinski definition) is 0. The maximum atomic E-state index is 13.7. The van der Waals surface area contributed by atoms with Gasteiger partial charge in [0.1, 0.15) is 11.8 Å². The van der Waals surface area contributed by atoms with E-state index in [9.17, 15) is 9.59 Å². The molecule has 2 aromatic carbocycles. The number of hydrogen-bond acceptors (Lipinski definition) is 6. The van der Waals surface area contributed by atoms with Crippen molar-refractivity contribution in [3.8, 4) is 5.75 Å². The average molecular weight is 491 g/mol. The summed E-state index contributed by atoms with van der Waals surface area (Å²) in [6.07, 6.45) is 1.88. The molecule has 1 atom stereocenters. The van der Waals surface area contributed by atoms with Crippen LogP contribution in [0.4, 0.5) is 0 Å². The second kappa shape index (κ2) is 10.4. The number of carbonyl (C=O) groups excluding carboxylic acids is 1. The molecule has 2 heterocycles. The summed E-state index contributed by atoms with van der Waals surface area (Å²) in [4.78, 5) is 32.0. The lowest BCUT2D eigenvalue weighted by Gasteiger charge is -2.26. The highest BCUT2D eigenvalue weighted by atomic mass is 32.1. The van der Waals surface area contributed by atoms with Crippen molar-refractivity contribution in [2.75, 3.05) is 13.2 Å². The van der Waals surface area contributed by atoms with E-state index >= 15 is 0 Å². The van der Waals surface area contributed by atoms with Gasteiger partial charge < -0.3 is 9.47 Å². The smallest absolute Gasteiger partial charge is 0.338 e. The van der Waals surface area contributed by atoms with Crippen molar-refractivity contribution in [2.45, 2.75) is 46.6 Å². The van der Waals surface area contributed by atoms with Gasteiger partial charge in [-0.1, -0.05) is 67.6 Å². The highest BCUT2D eigenvalue weighted by Gasteiger charge is 2.35. The highest BCUT2D eigenvalue weighted by molar-refractivity contribution is 7.07. The van der Waals surface area contributed by atoms with Crippen LogP contribution in [0, 0.1) is 0 Å². The first kappa shape index (κ1) is 24.7. The largest absolute Gasteiger partial charge is 0.494 e. The number of allylic oxidation sites excluding steroid dienone is 1. The molecule has 0 aliphatic carbocycles. The molecule has 1 aliphatic heterocycles. The first-order valence-corrected chi connectivity index (χ1v) is 12.7. The van der Waals surface area contributed by atoms with Gasteiger partial charge in [-0.3, -0.25) is 9.36 Å². The van der Waals surface area contributed by atoms with Crippen LogP contribution in [0.3, 0.4) is 0 Å². The van der Waals surface area contributed by atoms with Gasteiger partial charge in [-0.2, -0.15) is 0 Å². The zero-order valence-corrected chi connectivity index (χ0v) is 21.5. The molecule has 0 saturated carbocycles. The van der Waals surface area contributed by atoms with E-state index in [1.165, 1.54) is 16.9 Å². The molecule has 0 bridgehead atoms. The highest BCUT2D eigenvalue weighted by Crippen LogP contribution is 2.35. The van der Waals surface area contributed by atoms with Crippen LogP contribution in [0.1, 0.15) is 63.3 Å². The van der Waals surface area contributed by atoms with Gasteiger partial charge in [-0.05, 0) is 50.0 Å². The van der Waals surface area contributed by atoms with Crippen molar-refractivity contribution in [1.29, 1.82) is 0 Å². The molecule has 182 valence electrons. The third-order valence-electron chi connectivity index (χ3n) is 5.93. The third kappa shape index (κ3) is 4.86. The van der Waals surface area contributed by atoms with Crippen LogP contribution in [0.25, 0.3) is 6.08 Å².